The maximum absolute atomic E-state index is 5.61. The minimum absolute atomic E-state index is 0.665. The molecule has 1 fully saturated rings. The molecule has 26 heavy (non-hydrogen) atoms. The van der Waals surface area contributed by atoms with E-state index < -0.39 is 0 Å². The molecule has 0 aliphatic carbocycles. The van der Waals surface area contributed by atoms with Crippen LogP contribution < -0.4 is 10.2 Å². The van der Waals surface area contributed by atoms with E-state index in [1.165, 1.54) is 18.4 Å². The van der Waals surface area contributed by atoms with Gasteiger partial charge in [0.2, 0.25) is 5.89 Å². The molecule has 0 atom stereocenters. The van der Waals surface area contributed by atoms with Gasteiger partial charge in [-0.2, -0.15) is 0 Å². The SMILES string of the molecule is Cc1ccc(-c2nc(CCNc3cc(N4CCCC4)ncn3)co2)cc1. The Morgan fingerprint density at radius 1 is 1.12 bits per heavy atom. The second-order valence-corrected chi connectivity index (χ2v) is 6.64. The van der Waals surface area contributed by atoms with E-state index in [9.17, 15) is 0 Å². The zero-order valence-corrected chi connectivity index (χ0v) is 15.0. The first kappa shape index (κ1) is 16.6. The summed E-state index contributed by atoms with van der Waals surface area (Å²) in [6.07, 6.45) is 6.61. The fourth-order valence-electron chi connectivity index (χ4n) is 3.13. The molecule has 6 nitrogen and oxygen atoms in total. The molecule has 4 rings (SSSR count). The van der Waals surface area contributed by atoms with Gasteiger partial charge < -0.3 is 14.6 Å². The minimum atomic E-state index is 0.665. The highest BCUT2D eigenvalue weighted by Gasteiger charge is 2.14. The molecular formula is C20H23N5O. The summed E-state index contributed by atoms with van der Waals surface area (Å²) in [5.41, 5.74) is 3.16. The fourth-order valence-corrected chi connectivity index (χ4v) is 3.13. The second kappa shape index (κ2) is 7.56. The molecule has 1 aliphatic heterocycles. The third kappa shape index (κ3) is 3.85. The molecule has 0 amide bonds. The summed E-state index contributed by atoms with van der Waals surface area (Å²) < 4.78 is 5.61. The minimum Gasteiger partial charge on any atom is -0.444 e. The summed E-state index contributed by atoms with van der Waals surface area (Å²) in [4.78, 5) is 15.6. The average molecular weight is 349 g/mol. The van der Waals surface area contributed by atoms with Crippen LogP contribution in [0, 0.1) is 6.92 Å². The van der Waals surface area contributed by atoms with Crippen molar-refractivity contribution in [2.45, 2.75) is 26.2 Å². The van der Waals surface area contributed by atoms with Gasteiger partial charge in [-0.25, -0.2) is 15.0 Å². The predicted octanol–water partition coefficient (Wildman–Crippen LogP) is 3.69. The number of rotatable bonds is 6. The molecule has 0 bridgehead atoms. The van der Waals surface area contributed by atoms with Crippen LogP contribution in [0.1, 0.15) is 24.1 Å². The number of hydrogen-bond donors (Lipinski definition) is 1. The van der Waals surface area contributed by atoms with E-state index in [1.807, 2.05) is 18.2 Å². The van der Waals surface area contributed by atoms with Gasteiger partial charge >= 0.3 is 0 Å². The van der Waals surface area contributed by atoms with Gasteiger partial charge in [0.1, 0.15) is 24.2 Å². The van der Waals surface area contributed by atoms with Crippen molar-refractivity contribution >= 4 is 11.6 Å². The number of aryl methyl sites for hydroxylation is 1. The van der Waals surface area contributed by atoms with E-state index in [2.05, 4.69) is 44.2 Å². The maximum Gasteiger partial charge on any atom is 0.226 e. The normalized spacial score (nSPS) is 14.0. The Morgan fingerprint density at radius 2 is 1.92 bits per heavy atom. The lowest BCUT2D eigenvalue weighted by molar-refractivity contribution is 0.572. The monoisotopic (exact) mass is 349 g/mol. The van der Waals surface area contributed by atoms with Crippen molar-refractivity contribution in [1.82, 2.24) is 15.0 Å². The predicted molar refractivity (Wildman–Crippen MR) is 102 cm³/mol. The van der Waals surface area contributed by atoms with Gasteiger partial charge in [-0.15, -0.1) is 0 Å². The topological polar surface area (TPSA) is 67.1 Å². The summed E-state index contributed by atoms with van der Waals surface area (Å²) in [5, 5.41) is 3.35. The van der Waals surface area contributed by atoms with Gasteiger partial charge in [0.15, 0.2) is 0 Å². The third-order valence-electron chi connectivity index (χ3n) is 4.62. The van der Waals surface area contributed by atoms with Crippen molar-refractivity contribution in [2.24, 2.45) is 0 Å². The summed E-state index contributed by atoms with van der Waals surface area (Å²) in [6.45, 7) is 4.98. The van der Waals surface area contributed by atoms with Crippen molar-refractivity contribution in [3.05, 3.63) is 54.2 Å². The molecule has 3 heterocycles. The van der Waals surface area contributed by atoms with Crippen LogP contribution in [0.3, 0.4) is 0 Å². The number of aromatic nitrogens is 3. The number of nitrogens with one attached hydrogen (secondary N) is 1. The van der Waals surface area contributed by atoms with Crippen molar-refractivity contribution in [2.75, 3.05) is 29.9 Å². The largest absolute Gasteiger partial charge is 0.444 e. The molecule has 2 aromatic heterocycles. The van der Waals surface area contributed by atoms with Crippen molar-refractivity contribution in [1.29, 1.82) is 0 Å². The van der Waals surface area contributed by atoms with Crippen LogP contribution in [0.15, 0.2) is 47.3 Å². The fraction of sp³-hybridized carbons (Fsp3) is 0.350. The van der Waals surface area contributed by atoms with Crippen LogP contribution in [0.4, 0.5) is 11.6 Å². The molecule has 0 unspecified atom stereocenters. The molecular weight excluding hydrogens is 326 g/mol. The molecule has 0 spiro atoms. The van der Waals surface area contributed by atoms with Crippen molar-refractivity contribution in [3.8, 4) is 11.5 Å². The first-order valence-electron chi connectivity index (χ1n) is 9.10. The molecule has 0 saturated carbocycles. The number of oxazole rings is 1. The molecule has 1 N–H and O–H groups in total. The lowest BCUT2D eigenvalue weighted by Crippen LogP contribution is -2.19. The van der Waals surface area contributed by atoms with Crippen LogP contribution in [0.25, 0.3) is 11.5 Å². The van der Waals surface area contributed by atoms with Gasteiger partial charge in [-0.3, -0.25) is 0 Å². The Labute approximate surface area is 153 Å². The van der Waals surface area contributed by atoms with Crippen LogP contribution in [0.2, 0.25) is 0 Å². The Hall–Kier alpha value is -2.89. The second-order valence-electron chi connectivity index (χ2n) is 6.64. The Balaban J connectivity index is 1.33. The molecule has 1 aliphatic rings. The van der Waals surface area contributed by atoms with E-state index in [4.69, 9.17) is 4.42 Å². The third-order valence-corrected chi connectivity index (χ3v) is 4.62. The molecule has 6 heteroatoms. The smallest absolute Gasteiger partial charge is 0.226 e. The van der Waals surface area contributed by atoms with Gasteiger partial charge in [-0.1, -0.05) is 17.7 Å². The first-order chi connectivity index (χ1) is 12.8. The highest BCUT2D eigenvalue weighted by molar-refractivity contribution is 5.53. The highest BCUT2D eigenvalue weighted by atomic mass is 16.3. The lowest BCUT2D eigenvalue weighted by atomic mass is 10.1. The molecule has 134 valence electrons. The zero-order chi connectivity index (χ0) is 17.8. The lowest BCUT2D eigenvalue weighted by Gasteiger charge is -2.16. The first-order valence-corrected chi connectivity index (χ1v) is 9.10. The van der Waals surface area contributed by atoms with E-state index in [0.717, 1.165) is 48.9 Å². The Morgan fingerprint density at radius 3 is 2.73 bits per heavy atom. The molecule has 3 aromatic rings. The quantitative estimate of drug-likeness (QED) is 0.732. The zero-order valence-electron chi connectivity index (χ0n) is 15.0. The van der Waals surface area contributed by atoms with Gasteiger partial charge in [0.05, 0.1) is 5.69 Å². The summed E-state index contributed by atoms with van der Waals surface area (Å²) in [5.74, 6) is 2.52. The Bertz CT molecular complexity index is 853. The highest BCUT2D eigenvalue weighted by Crippen LogP contribution is 2.20. The average Bonchev–Trinajstić information content (AvgIpc) is 3.35. The standard InChI is InChI=1S/C20H23N5O/c1-15-4-6-16(7-5-15)20-24-17(13-26-20)8-9-21-18-12-19(23-14-22-18)25-10-2-3-11-25/h4-7,12-14H,2-3,8-11H2,1H3,(H,21,22,23). The van der Waals surface area contributed by atoms with Crippen LogP contribution in [-0.2, 0) is 6.42 Å². The molecule has 0 radical (unpaired) electrons. The number of nitrogens with zero attached hydrogens (tertiary/aromatic N) is 4. The summed E-state index contributed by atoms with van der Waals surface area (Å²) >= 11 is 0. The van der Waals surface area contributed by atoms with E-state index in [0.29, 0.717) is 5.89 Å². The van der Waals surface area contributed by atoms with Gasteiger partial charge in [0, 0.05) is 37.7 Å². The number of hydrogen-bond acceptors (Lipinski definition) is 6. The van der Waals surface area contributed by atoms with Crippen LogP contribution >= 0.6 is 0 Å². The number of anilines is 2. The maximum atomic E-state index is 5.61. The van der Waals surface area contributed by atoms with Crippen molar-refractivity contribution < 1.29 is 4.42 Å². The summed E-state index contributed by atoms with van der Waals surface area (Å²) in [6, 6.07) is 10.2. The molecule has 1 aromatic carbocycles. The van der Waals surface area contributed by atoms with E-state index in [-0.39, 0.29) is 0 Å². The summed E-state index contributed by atoms with van der Waals surface area (Å²) in [7, 11) is 0. The number of benzene rings is 1. The Kier molecular flexibility index (Phi) is 4.82. The van der Waals surface area contributed by atoms with E-state index in [1.54, 1.807) is 12.6 Å². The van der Waals surface area contributed by atoms with Gasteiger partial charge in [-0.05, 0) is 31.9 Å². The van der Waals surface area contributed by atoms with Crippen LogP contribution in [-0.4, -0.2) is 34.6 Å². The van der Waals surface area contributed by atoms with Crippen LogP contribution in [0.5, 0.6) is 0 Å². The molecule has 1 saturated heterocycles. The van der Waals surface area contributed by atoms with Crippen molar-refractivity contribution in [3.63, 3.8) is 0 Å². The van der Waals surface area contributed by atoms with Gasteiger partial charge in [0.25, 0.3) is 0 Å². The van der Waals surface area contributed by atoms with E-state index >= 15 is 0 Å².